The van der Waals surface area contributed by atoms with E-state index in [1.165, 1.54) is 11.3 Å². The average molecular weight is 279 g/mol. The number of nitro groups is 1. The molecule has 6 heteroatoms. The molecular weight excluding hydrogens is 262 g/mol. The van der Waals surface area contributed by atoms with Gasteiger partial charge in [0.2, 0.25) is 0 Å². The van der Waals surface area contributed by atoms with E-state index in [1.54, 1.807) is 5.51 Å². The molecule has 0 saturated heterocycles. The van der Waals surface area contributed by atoms with Crippen molar-refractivity contribution in [3.8, 4) is 0 Å². The lowest BCUT2D eigenvalue weighted by atomic mass is 10.0. The summed E-state index contributed by atoms with van der Waals surface area (Å²) in [7, 11) is 0. The number of nitrogens with zero attached hydrogens (tertiary/aromatic N) is 2. The van der Waals surface area contributed by atoms with Gasteiger partial charge in [-0.2, -0.15) is 0 Å². The molecule has 0 aliphatic carbocycles. The van der Waals surface area contributed by atoms with Crippen LogP contribution in [0.5, 0.6) is 0 Å². The van der Waals surface area contributed by atoms with E-state index < -0.39 is 0 Å². The van der Waals surface area contributed by atoms with Crippen LogP contribution in [0.1, 0.15) is 25.8 Å². The van der Waals surface area contributed by atoms with Crippen LogP contribution >= 0.6 is 11.3 Å². The molecule has 0 fully saturated rings. The summed E-state index contributed by atoms with van der Waals surface area (Å²) >= 11 is 1.43. The highest BCUT2D eigenvalue weighted by Crippen LogP contribution is 2.31. The van der Waals surface area contributed by atoms with Crippen LogP contribution < -0.4 is 5.32 Å². The summed E-state index contributed by atoms with van der Waals surface area (Å²) in [6, 6.07) is 3.99. The van der Waals surface area contributed by atoms with Crippen LogP contribution in [0.2, 0.25) is 0 Å². The summed E-state index contributed by atoms with van der Waals surface area (Å²) in [5, 5.41) is 14.6. The first-order chi connectivity index (χ1) is 9.13. The average Bonchev–Trinajstić information content (AvgIpc) is 2.83. The van der Waals surface area contributed by atoms with Crippen LogP contribution in [-0.2, 0) is 6.42 Å². The lowest BCUT2D eigenvalue weighted by Crippen LogP contribution is -2.28. The zero-order valence-electron chi connectivity index (χ0n) is 11.0. The van der Waals surface area contributed by atoms with Crippen molar-refractivity contribution >= 4 is 27.2 Å². The van der Waals surface area contributed by atoms with Crippen molar-refractivity contribution in [3.05, 3.63) is 33.3 Å². The van der Waals surface area contributed by atoms with Crippen molar-refractivity contribution in [1.82, 2.24) is 10.3 Å². The lowest BCUT2D eigenvalue weighted by molar-refractivity contribution is -0.383. The molecule has 1 heterocycles. The van der Waals surface area contributed by atoms with Crippen LogP contribution in [0.15, 0.2) is 17.6 Å². The summed E-state index contributed by atoms with van der Waals surface area (Å²) in [5.74, 6) is 0. The zero-order chi connectivity index (χ0) is 13.8. The minimum atomic E-state index is -0.316. The first-order valence-electron chi connectivity index (χ1n) is 6.36. The van der Waals surface area contributed by atoms with Gasteiger partial charge in [-0.15, -0.1) is 11.3 Å². The van der Waals surface area contributed by atoms with E-state index in [9.17, 15) is 10.1 Å². The second-order valence-corrected chi connectivity index (χ2v) is 5.48. The highest BCUT2D eigenvalue weighted by atomic mass is 32.1. The number of thiazole rings is 1. The van der Waals surface area contributed by atoms with Gasteiger partial charge in [-0.25, -0.2) is 4.98 Å². The molecule has 1 unspecified atom stereocenters. The Morgan fingerprint density at radius 2 is 2.32 bits per heavy atom. The number of aromatic nitrogens is 1. The molecule has 0 spiro atoms. The van der Waals surface area contributed by atoms with E-state index in [0.29, 0.717) is 11.9 Å². The largest absolute Gasteiger partial charge is 0.314 e. The van der Waals surface area contributed by atoms with Gasteiger partial charge < -0.3 is 5.32 Å². The molecule has 19 heavy (non-hydrogen) atoms. The molecule has 1 N–H and O–H groups in total. The fraction of sp³-hybridized carbons (Fsp3) is 0.462. The van der Waals surface area contributed by atoms with E-state index >= 15 is 0 Å². The van der Waals surface area contributed by atoms with E-state index in [4.69, 9.17) is 0 Å². The number of rotatable bonds is 6. The number of hydrogen-bond acceptors (Lipinski definition) is 5. The first kappa shape index (κ1) is 13.9. The molecule has 2 rings (SSSR count). The SMILES string of the molecule is CCCNC(C)Cc1ccc2scnc2c1[N+](=O)[O-]. The van der Waals surface area contributed by atoms with E-state index in [2.05, 4.69) is 17.2 Å². The molecule has 0 aliphatic heterocycles. The Hall–Kier alpha value is -1.53. The Morgan fingerprint density at radius 1 is 1.53 bits per heavy atom. The Balaban J connectivity index is 2.31. The summed E-state index contributed by atoms with van der Waals surface area (Å²) < 4.78 is 0.865. The summed E-state index contributed by atoms with van der Waals surface area (Å²) in [5.41, 5.74) is 3.07. The van der Waals surface area contributed by atoms with Crippen molar-refractivity contribution < 1.29 is 4.92 Å². The standard InChI is InChI=1S/C13H17N3O2S/c1-3-6-14-9(2)7-10-4-5-11-12(15-8-19-11)13(10)16(17)18/h4-5,8-9,14H,3,6-7H2,1-2H3. The summed E-state index contributed by atoms with van der Waals surface area (Å²) in [6.45, 7) is 5.07. The minimum Gasteiger partial charge on any atom is -0.314 e. The monoisotopic (exact) mass is 279 g/mol. The van der Waals surface area contributed by atoms with Crippen molar-refractivity contribution in [1.29, 1.82) is 0 Å². The Kier molecular flexibility index (Phi) is 4.44. The van der Waals surface area contributed by atoms with E-state index in [0.717, 1.165) is 23.2 Å². The van der Waals surface area contributed by atoms with Gasteiger partial charge >= 0.3 is 0 Å². The maximum Gasteiger partial charge on any atom is 0.299 e. The molecule has 1 aromatic carbocycles. The molecule has 1 atom stereocenters. The van der Waals surface area contributed by atoms with Crippen LogP contribution in [0.3, 0.4) is 0 Å². The highest BCUT2D eigenvalue weighted by Gasteiger charge is 2.21. The third-order valence-corrected chi connectivity index (χ3v) is 3.80. The van der Waals surface area contributed by atoms with E-state index in [1.807, 2.05) is 19.1 Å². The second-order valence-electron chi connectivity index (χ2n) is 4.59. The summed E-state index contributed by atoms with van der Waals surface area (Å²) in [6.07, 6.45) is 1.70. The van der Waals surface area contributed by atoms with Gasteiger partial charge in [-0.1, -0.05) is 13.0 Å². The Morgan fingerprint density at radius 3 is 3.00 bits per heavy atom. The maximum atomic E-state index is 11.3. The second kappa shape index (κ2) is 6.08. The lowest BCUT2D eigenvalue weighted by Gasteiger charge is -2.13. The number of nitro benzene ring substituents is 1. The normalized spacial score (nSPS) is 12.7. The third kappa shape index (κ3) is 3.08. The maximum absolute atomic E-state index is 11.3. The number of benzene rings is 1. The summed E-state index contributed by atoms with van der Waals surface area (Å²) in [4.78, 5) is 15.1. The fourth-order valence-electron chi connectivity index (χ4n) is 2.12. The molecule has 0 saturated carbocycles. The van der Waals surface area contributed by atoms with Gasteiger partial charge in [0, 0.05) is 11.6 Å². The zero-order valence-corrected chi connectivity index (χ0v) is 11.9. The predicted octanol–water partition coefficient (Wildman–Crippen LogP) is 3.14. The van der Waals surface area contributed by atoms with Crippen LogP contribution in [-0.4, -0.2) is 22.5 Å². The molecule has 102 valence electrons. The van der Waals surface area contributed by atoms with Crippen LogP contribution in [0, 0.1) is 10.1 Å². The smallest absolute Gasteiger partial charge is 0.299 e. The highest BCUT2D eigenvalue weighted by molar-refractivity contribution is 7.16. The molecule has 0 aliphatic rings. The molecule has 5 nitrogen and oxygen atoms in total. The molecule has 1 aromatic heterocycles. The first-order valence-corrected chi connectivity index (χ1v) is 7.24. The van der Waals surface area contributed by atoms with Gasteiger partial charge in [0.05, 0.1) is 15.1 Å². The number of hydrogen-bond donors (Lipinski definition) is 1. The quantitative estimate of drug-likeness (QED) is 0.651. The fourth-order valence-corrected chi connectivity index (χ4v) is 2.80. The molecule has 0 bridgehead atoms. The Bertz CT molecular complexity index is 582. The number of nitrogens with one attached hydrogen (secondary N) is 1. The molecule has 0 amide bonds. The van der Waals surface area contributed by atoms with Crippen LogP contribution in [0.4, 0.5) is 5.69 Å². The van der Waals surface area contributed by atoms with Gasteiger partial charge in [0.25, 0.3) is 5.69 Å². The topological polar surface area (TPSA) is 68.1 Å². The van der Waals surface area contributed by atoms with E-state index in [-0.39, 0.29) is 16.7 Å². The van der Waals surface area contributed by atoms with Crippen molar-refractivity contribution in [3.63, 3.8) is 0 Å². The number of fused-ring (bicyclic) bond motifs is 1. The minimum absolute atomic E-state index is 0.156. The van der Waals surface area contributed by atoms with Gasteiger partial charge in [-0.3, -0.25) is 10.1 Å². The predicted molar refractivity (Wildman–Crippen MR) is 77.7 cm³/mol. The van der Waals surface area contributed by atoms with Gasteiger partial charge in [0.1, 0.15) is 0 Å². The van der Waals surface area contributed by atoms with Gasteiger partial charge in [-0.05, 0) is 32.4 Å². The van der Waals surface area contributed by atoms with Crippen LogP contribution in [0.25, 0.3) is 10.2 Å². The Labute approximate surface area is 115 Å². The molecular formula is C13H17N3O2S. The third-order valence-electron chi connectivity index (χ3n) is 3.01. The molecule has 0 radical (unpaired) electrons. The van der Waals surface area contributed by atoms with Crippen molar-refractivity contribution in [2.75, 3.05) is 6.54 Å². The van der Waals surface area contributed by atoms with Gasteiger partial charge in [0.15, 0.2) is 5.52 Å². The van der Waals surface area contributed by atoms with Crippen molar-refractivity contribution in [2.45, 2.75) is 32.7 Å². The molecule has 2 aromatic rings. The van der Waals surface area contributed by atoms with Crippen molar-refractivity contribution in [2.24, 2.45) is 0 Å².